The number of nitrogens with two attached hydrogens (primary N) is 1. The minimum atomic E-state index is 0.160. The molecule has 0 spiro atoms. The van der Waals surface area contributed by atoms with Crippen molar-refractivity contribution in [3.05, 3.63) is 33.8 Å². The second-order valence-corrected chi connectivity index (χ2v) is 4.22. The summed E-state index contributed by atoms with van der Waals surface area (Å²) < 4.78 is 0.568. The standard InChI is InChI=1S/C10H11BrClNO/c1-6(2-3-13)8-4-7(12)5-9(11)10(8)14/h4-5,14H,1-3,13H2. The molecular formula is C10H11BrClNO. The van der Waals surface area contributed by atoms with Gasteiger partial charge in [0.25, 0.3) is 0 Å². The summed E-state index contributed by atoms with van der Waals surface area (Å²) in [6.07, 6.45) is 0.639. The van der Waals surface area contributed by atoms with Gasteiger partial charge in [-0.1, -0.05) is 18.2 Å². The monoisotopic (exact) mass is 275 g/mol. The van der Waals surface area contributed by atoms with Crippen molar-refractivity contribution in [2.75, 3.05) is 6.54 Å². The van der Waals surface area contributed by atoms with E-state index in [9.17, 15) is 5.11 Å². The van der Waals surface area contributed by atoms with Gasteiger partial charge in [-0.05, 0) is 46.6 Å². The lowest BCUT2D eigenvalue weighted by atomic mass is 10.0. The molecule has 0 heterocycles. The van der Waals surface area contributed by atoms with Gasteiger partial charge in [-0.15, -0.1) is 0 Å². The second kappa shape index (κ2) is 4.82. The van der Waals surface area contributed by atoms with E-state index < -0.39 is 0 Å². The molecular weight excluding hydrogens is 265 g/mol. The molecule has 0 aliphatic rings. The number of phenols is 1. The van der Waals surface area contributed by atoms with E-state index in [0.717, 1.165) is 5.57 Å². The third kappa shape index (κ3) is 2.50. The summed E-state index contributed by atoms with van der Waals surface area (Å²) in [4.78, 5) is 0. The minimum absolute atomic E-state index is 0.160. The van der Waals surface area contributed by atoms with Gasteiger partial charge in [-0.2, -0.15) is 0 Å². The Hall–Kier alpha value is -0.510. The molecule has 1 aromatic rings. The summed E-state index contributed by atoms with van der Waals surface area (Å²) >= 11 is 9.06. The fourth-order valence-electron chi connectivity index (χ4n) is 1.14. The smallest absolute Gasteiger partial charge is 0.137 e. The Balaban J connectivity index is 3.13. The minimum Gasteiger partial charge on any atom is -0.506 e. The van der Waals surface area contributed by atoms with Gasteiger partial charge in [0.2, 0.25) is 0 Å². The van der Waals surface area contributed by atoms with Crippen molar-refractivity contribution in [2.45, 2.75) is 6.42 Å². The first-order valence-electron chi connectivity index (χ1n) is 4.12. The number of aromatic hydroxyl groups is 1. The molecule has 0 bridgehead atoms. The van der Waals surface area contributed by atoms with Crippen molar-refractivity contribution in [1.29, 1.82) is 0 Å². The first-order chi connectivity index (χ1) is 6.56. The highest BCUT2D eigenvalue weighted by Crippen LogP contribution is 2.35. The largest absolute Gasteiger partial charge is 0.506 e. The summed E-state index contributed by atoms with van der Waals surface area (Å²) in [5.41, 5.74) is 6.84. The van der Waals surface area contributed by atoms with Crippen LogP contribution in [0.1, 0.15) is 12.0 Å². The third-order valence-corrected chi connectivity index (χ3v) is 2.68. The molecule has 0 atom stereocenters. The fraction of sp³-hybridized carbons (Fsp3) is 0.200. The Morgan fingerprint density at radius 3 is 2.79 bits per heavy atom. The summed E-state index contributed by atoms with van der Waals surface area (Å²) in [5, 5.41) is 10.3. The van der Waals surface area contributed by atoms with Crippen LogP contribution in [0.15, 0.2) is 23.2 Å². The summed E-state index contributed by atoms with van der Waals surface area (Å²) in [6, 6.07) is 3.32. The van der Waals surface area contributed by atoms with E-state index in [-0.39, 0.29) is 5.75 Å². The van der Waals surface area contributed by atoms with E-state index in [1.807, 2.05) is 0 Å². The molecule has 1 aromatic carbocycles. The van der Waals surface area contributed by atoms with Crippen LogP contribution in [-0.2, 0) is 0 Å². The van der Waals surface area contributed by atoms with Gasteiger partial charge < -0.3 is 10.8 Å². The summed E-state index contributed by atoms with van der Waals surface area (Å²) in [7, 11) is 0. The molecule has 0 aliphatic heterocycles. The van der Waals surface area contributed by atoms with E-state index in [1.54, 1.807) is 12.1 Å². The average molecular weight is 277 g/mol. The van der Waals surface area contributed by atoms with Crippen LogP contribution >= 0.6 is 27.5 Å². The van der Waals surface area contributed by atoms with Crippen LogP contribution < -0.4 is 5.73 Å². The Morgan fingerprint density at radius 2 is 2.21 bits per heavy atom. The molecule has 0 amide bonds. The Bertz CT molecular complexity index is 365. The Labute approximate surface area is 96.5 Å². The van der Waals surface area contributed by atoms with E-state index in [1.165, 1.54) is 0 Å². The quantitative estimate of drug-likeness (QED) is 0.891. The fourth-order valence-corrected chi connectivity index (χ4v) is 1.95. The van der Waals surface area contributed by atoms with Gasteiger partial charge in [-0.3, -0.25) is 0 Å². The van der Waals surface area contributed by atoms with Gasteiger partial charge in [-0.25, -0.2) is 0 Å². The molecule has 0 aliphatic carbocycles. The van der Waals surface area contributed by atoms with E-state index >= 15 is 0 Å². The molecule has 0 saturated carbocycles. The van der Waals surface area contributed by atoms with Crippen molar-refractivity contribution in [2.24, 2.45) is 5.73 Å². The second-order valence-electron chi connectivity index (χ2n) is 2.93. The molecule has 0 fully saturated rings. The maximum absolute atomic E-state index is 9.71. The maximum Gasteiger partial charge on any atom is 0.137 e. The van der Waals surface area contributed by atoms with Crippen molar-refractivity contribution < 1.29 is 5.11 Å². The lowest BCUT2D eigenvalue weighted by Gasteiger charge is -2.09. The molecule has 0 saturated heterocycles. The predicted molar refractivity (Wildman–Crippen MR) is 63.5 cm³/mol. The molecule has 0 radical (unpaired) electrons. The molecule has 2 nitrogen and oxygen atoms in total. The number of rotatable bonds is 3. The normalized spacial score (nSPS) is 10.2. The van der Waals surface area contributed by atoms with Crippen LogP contribution in [0.2, 0.25) is 5.02 Å². The third-order valence-electron chi connectivity index (χ3n) is 1.86. The zero-order valence-corrected chi connectivity index (χ0v) is 9.90. The number of hydrogen-bond acceptors (Lipinski definition) is 2. The number of benzene rings is 1. The van der Waals surface area contributed by atoms with Gasteiger partial charge in [0.15, 0.2) is 0 Å². The SMILES string of the molecule is C=C(CCN)c1cc(Cl)cc(Br)c1O. The van der Waals surface area contributed by atoms with Crippen LogP contribution in [0, 0.1) is 0 Å². The van der Waals surface area contributed by atoms with Crippen molar-refractivity contribution in [3.63, 3.8) is 0 Å². The molecule has 1 rings (SSSR count). The Kier molecular flexibility index (Phi) is 3.98. The first kappa shape index (κ1) is 11.6. The van der Waals surface area contributed by atoms with Crippen molar-refractivity contribution in [3.8, 4) is 5.75 Å². The number of hydrogen-bond donors (Lipinski definition) is 2. The lowest BCUT2D eigenvalue weighted by Crippen LogP contribution is -1.99. The van der Waals surface area contributed by atoms with Gasteiger partial charge >= 0.3 is 0 Å². The lowest BCUT2D eigenvalue weighted by molar-refractivity contribution is 0.470. The molecule has 0 aromatic heterocycles. The van der Waals surface area contributed by atoms with Gasteiger partial charge in [0.1, 0.15) is 5.75 Å². The highest BCUT2D eigenvalue weighted by Gasteiger charge is 2.09. The Morgan fingerprint density at radius 1 is 1.57 bits per heavy atom. The first-order valence-corrected chi connectivity index (χ1v) is 5.29. The van der Waals surface area contributed by atoms with E-state index in [2.05, 4.69) is 22.5 Å². The predicted octanol–water partition coefficient (Wildman–Crippen LogP) is 3.17. The highest BCUT2D eigenvalue weighted by molar-refractivity contribution is 9.10. The molecule has 0 unspecified atom stereocenters. The molecule has 3 N–H and O–H groups in total. The van der Waals surface area contributed by atoms with E-state index in [4.69, 9.17) is 17.3 Å². The topological polar surface area (TPSA) is 46.2 Å². The van der Waals surface area contributed by atoms with Crippen LogP contribution in [0.4, 0.5) is 0 Å². The molecule has 76 valence electrons. The van der Waals surface area contributed by atoms with Crippen LogP contribution in [0.3, 0.4) is 0 Å². The number of halogens is 2. The summed E-state index contributed by atoms with van der Waals surface area (Å²) in [6.45, 7) is 4.34. The maximum atomic E-state index is 9.71. The highest BCUT2D eigenvalue weighted by atomic mass is 79.9. The van der Waals surface area contributed by atoms with Crippen molar-refractivity contribution >= 4 is 33.1 Å². The van der Waals surface area contributed by atoms with E-state index in [0.29, 0.717) is 28.0 Å². The zero-order valence-electron chi connectivity index (χ0n) is 7.56. The van der Waals surface area contributed by atoms with Crippen LogP contribution in [0.25, 0.3) is 5.57 Å². The zero-order chi connectivity index (χ0) is 10.7. The van der Waals surface area contributed by atoms with Gasteiger partial charge in [0.05, 0.1) is 4.47 Å². The molecule has 4 heteroatoms. The van der Waals surface area contributed by atoms with Crippen molar-refractivity contribution in [1.82, 2.24) is 0 Å². The average Bonchev–Trinajstić information content (AvgIpc) is 2.11. The summed E-state index contributed by atoms with van der Waals surface area (Å²) in [5.74, 6) is 0.160. The molecule has 14 heavy (non-hydrogen) atoms. The van der Waals surface area contributed by atoms with Crippen LogP contribution in [0.5, 0.6) is 5.75 Å². The number of phenolic OH excluding ortho intramolecular Hbond substituents is 1. The van der Waals surface area contributed by atoms with Gasteiger partial charge in [0, 0.05) is 10.6 Å². The van der Waals surface area contributed by atoms with Crippen LogP contribution in [-0.4, -0.2) is 11.7 Å².